The van der Waals surface area contributed by atoms with E-state index in [4.69, 9.17) is 14.2 Å². The Balaban J connectivity index is 1.63. The predicted octanol–water partition coefficient (Wildman–Crippen LogP) is 3.67. The molecule has 6 nitrogen and oxygen atoms in total. The molecule has 1 aromatic rings. The van der Waals surface area contributed by atoms with Crippen molar-refractivity contribution in [1.82, 2.24) is 0 Å². The summed E-state index contributed by atoms with van der Waals surface area (Å²) in [5.41, 5.74) is 1.03. The number of carbonyl (C=O) groups is 3. The largest absolute Gasteiger partial charge is 0.462 e. The highest BCUT2D eigenvalue weighted by Crippen LogP contribution is 2.41. The molecule has 0 heterocycles. The lowest BCUT2D eigenvalue weighted by atomic mass is 9.68. The van der Waals surface area contributed by atoms with Crippen molar-refractivity contribution in [3.63, 3.8) is 0 Å². The SMILES string of the molecule is C[C@H](C(=O)OCCOC(=O)C(=O)OCc1ccccc1)[C@@H]1CCCC(C)(C)C1. The van der Waals surface area contributed by atoms with E-state index in [-0.39, 0.29) is 37.1 Å². The Hall–Kier alpha value is -2.37. The molecule has 154 valence electrons. The van der Waals surface area contributed by atoms with Crippen molar-refractivity contribution < 1.29 is 28.6 Å². The van der Waals surface area contributed by atoms with E-state index in [0.29, 0.717) is 5.92 Å². The van der Waals surface area contributed by atoms with Gasteiger partial charge in [0.05, 0.1) is 5.92 Å². The molecule has 6 heteroatoms. The van der Waals surface area contributed by atoms with E-state index >= 15 is 0 Å². The summed E-state index contributed by atoms with van der Waals surface area (Å²) in [7, 11) is 0. The summed E-state index contributed by atoms with van der Waals surface area (Å²) < 4.78 is 14.9. The van der Waals surface area contributed by atoms with Gasteiger partial charge in [-0.05, 0) is 36.2 Å². The van der Waals surface area contributed by atoms with E-state index < -0.39 is 11.9 Å². The average molecular weight is 390 g/mol. The van der Waals surface area contributed by atoms with Crippen LogP contribution in [0.1, 0.15) is 52.0 Å². The number of carbonyl (C=O) groups excluding carboxylic acids is 3. The molecule has 0 radical (unpaired) electrons. The van der Waals surface area contributed by atoms with E-state index in [1.807, 2.05) is 25.1 Å². The standard InChI is InChI=1S/C22H30O6/c1-16(18-10-7-11-22(2,3)14-18)19(23)26-12-13-27-20(24)21(25)28-15-17-8-5-4-6-9-17/h4-6,8-9,16,18H,7,10-15H2,1-3H3/t16-,18+/m0/s1. The fourth-order valence-electron chi connectivity index (χ4n) is 3.62. The maximum Gasteiger partial charge on any atom is 0.417 e. The van der Waals surface area contributed by atoms with E-state index in [1.54, 1.807) is 12.1 Å². The molecule has 0 amide bonds. The molecule has 0 N–H and O–H groups in total. The summed E-state index contributed by atoms with van der Waals surface area (Å²) in [5, 5.41) is 0. The van der Waals surface area contributed by atoms with Gasteiger partial charge in [0.15, 0.2) is 0 Å². The van der Waals surface area contributed by atoms with Crippen LogP contribution < -0.4 is 0 Å². The molecule has 0 unspecified atom stereocenters. The van der Waals surface area contributed by atoms with Crippen molar-refractivity contribution in [2.24, 2.45) is 17.3 Å². The lowest BCUT2D eigenvalue weighted by Crippen LogP contribution is -2.31. The summed E-state index contributed by atoms with van der Waals surface area (Å²) in [6.07, 6.45) is 4.34. The minimum Gasteiger partial charge on any atom is -0.462 e. The molecule has 0 saturated heterocycles. The first-order valence-corrected chi connectivity index (χ1v) is 9.83. The topological polar surface area (TPSA) is 78.9 Å². The molecule has 0 aliphatic heterocycles. The summed E-state index contributed by atoms with van der Waals surface area (Å²) in [6.45, 7) is 6.10. The van der Waals surface area contributed by atoms with Gasteiger partial charge in [-0.15, -0.1) is 0 Å². The van der Waals surface area contributed by atoms with Gasteiger partial charge in [0.2, 0.25) is 0 Å². The van der Waals surface area contributed by atoms with Crippen LogP contribution in [0.3, 0.4) is 0 Å². The summed E-state index contributed by atoms with van der Waals surface area (Å²) >= 11 is 0. The second kappa shape index (κ2) is 10.2. The van der Waals surface area contributed by atoms with E-state index in [1.165, 1.54) is 6.42 Å². The van der Waals surface area contributed by atoms with Gasteiger partial charge in [0, 0.05) is 0 Å². The highest BCUT2D eigenvalue weighted by molar-refractivity contribution is 6.29. The fraction of sp³-hybridized carbons (Fsp3) is 0.591. The van der Waals surface area contributed by atoms with Crippen molar-refractivity contribution in [2.45, 2.75) is 53.1 Å². The van der Waals surface area contributed by atoms with E-state index in [2.05, 4.69) is 13.8 Å². The molecular weight excluding hydrogens is 360 g/mol. The first kappa shape index (κ1) is 21.9. The molecule has 28 heavy (non-hydrogen) atoms. The van der Waals surface area contributed by atoms with Crippen LogP contribution in [0.15, 0.2) is 30.3 Å². The Bertz CT molecular complexity index is 667. The third kappa shape index (κ3) is 6.98. The number of ether oxygens (including phenoxy) is 3. The van der Waals surface area contributed by atoms with Crippen LogP contribution in [0.4, 0.5) is 0 Å². The zero-order valence-corrected chi connectivity index (χ0v) is 16.9. The minimum absolute atomic E-state index is 0.000981. The maximum atomic E-state index is 12.2. The lowest BCUT2D eigenvalue weighted by molar-refractivity contribution is -0.170. The van der Waals surface area contributed by atoms with Gasteiger partial charge in [-0.25, -0.2) is 9.59 Å². The Morgan fingerprint density at radius 3 is 2.36 bits per heavy atom. The van der Waals surface area contributed by atoms with Crippen molar-refractivity contribution in [3.8, 4) is 0 Å². The number of hydrogen-bond donors (Lipinski definition) is 0. The molecule has 1 aliphatic rings. The van der Waals surface area contributed by atoms with Gasteiger partial charge in [-0.3, -0.25) is 4.79 Å². The zero-order valence-electron chi connectivity index (χ0n) is 16.9. The van der Waals surface area contributed by atoms with E-state index in [9.17, 15) is 14.4 Å². The summed E-state index contributed by atoms with van der Waals surface area (Å²) in [5.74, 6) is -2.31. The van der Waals surface area contributed by atoms with E-state index in [0.717, 1.165) is 24.8 Å². The predicted molar refractivity (Wildman–Crippen MR) is 103 cm³/mol. The maximum absolute atomic E-state index is 12.2. The zero-order chi connectivity index (χ0) is 20.6. The van der Waals surface area contributed by atoms with Crippen LogP contribution in [0, 0.1) is 17.3 Å². The second-order valence-electron chi connectivity index (χ2n) is 8.17. The molecule has 1 aliphatic carbocycles. The fourth-order valence-corrected chi connectivity index (χ4v) is 3.62. The molecular formula is C22H30O6. The molecule has 1 fully saturated rings. The first-order valence-electron chi connectivity index (χ1n) is 9.83. The molecule has 0 bridgehead atoms. The van der Waals surface area contributed by atoms with Crippen LogP contribution in [-0.2, 0) is 35.2 Å². The molecule has 1 aromatic carbocycles. The minimum atomic E-state index is -1.09. The second-order valence-corrected chi connectivity index (χ2v) is 8.17. The van der Waals surface area contributed by atoms with Crippen LogP contribution in [-0.4, -0.2) is 31.1 Å². The first-order chi connectivity index (χ1) is 13.3. The highest BCUT2D eigenvalue weighted by Gasteiger charge is 2.34. The van der Waals surface area contributed by atoms with Crippen LogP contribution in [0.25, 0.3) is 0 Å². The number of rotatable bonds is 7. The molecule has 0 aromatic heterocycles. The Labute approximate surface area is 166 Å². The average Bonchev–Trinajstić information content (AvgIpc) is 2.68. The monoisotopic (exact) mass is 390 g/mol. The molecule has 0 spiro atoms. The van der Waals surface area contributed by atoms with Gasteiger partial charge in [-0.2, -0.15) is 0 Å². The third-order valence-corrected chi connectivity index (χ3v) is 5.26. The van der Waals surface area contributed by atoms with Gasteiger partial charge < -0.3 is 14.2 Å². The Kier molecular flexibility index (Phi) is 8.03. The van der Waals surface area contributed by atoms with Gasteiger partial charge >= 0.3 is 17.9 Å². The van der Waals surface area contributed by atoms with Crippen molar-refractivity contribution in [3.05, 3.63) is 35.9 Å². The van der Waals surface area contributed by atoms with Gasteiger partial charge in [0.1, 0.15) is 19.8 Å². The lowest BCUT2D eigenvalue weighted by Gasteiger charge is -2.37. The number of hydrogen-bond acceptors (Lipinski definition) is 6. The third-order valence-electron chi connectivity index (χ3n) is 5.26. The van der Waals surface area contributed by atoms with Gasteiger partial charge in [-0.1, -0.05) is 57.5 Å². The van der Waals surface area contributed by atoms with Crippen molar-refractivity contribution >= 4 is 17.9 Å². The Morgan fingerprint density at radius 2 is 1.68 bits per heavy atom. The molecule has 2 rings (SSSR count). The van der Waals surface area contributed by atoms with Crippen LogP contribution in [0.2, 0.25) is 0 Å². The van der Waals surface area contributed by atoms with Crippen LogP contribution in [0.5, 0.6) is 0 Å². The molecule has 1 saturated carbocycles. The Morgan fingerprint density at radius 1 is 1.04 bits per heavy atom. The highest BCUT2D eigenvalue weighted by atomic mass is 16.6. The quantitative estimate of drug-likeness (QED) is 0.306. The number of benzene rings is 1. The number of esters is 3. The molecule has 2 atom stereocenters. The van der Waals surface area contributed by atoms with Crippen molar-refractivity contribution in [1.29, 1.82) is 0 Å². The van der Waals surface area contributed by atoms with Crippen molar-refractivity contribution in [2.75, 3.05) is 13.2 Å². The summed E-state index contributed by atoms with van der Waals surface area (Å²) in [4.78, 5) is 35.5. The van der Waals surface area contributed by atoms with Crippen LogP contribution >= 0.6 is 0 Å². The summed E-state index contributed by atoms with van der Waals surface area (Å²) in [6, 6.07) is 9.03. The smallest absolute Gasteiger partial charge is 0.417 e. The normalized spacial score (nSPS) is 19.3. The van der Waals surface area contributed by atoms with Gasteiger partial charge in [0.25, 0.3) is 0 Å².